The van der Waals surface area contributed by atoms with E-state index in [0.717, 1.165) is 11.1 Å². The van der Waals surface area contributed by atoms with E-state index in [1.807, 2.05) is 47.2 Å². The van der Waals surface area contributed by atoms with E-state index >= 15 is 0 Å². The standard InChI is InChI=1S/C20H18N2O3/c23-19(21-13-15-8-10-17(11-9-15)20(24)25)18-7-4-12-22(18)14-16-5-2-1-3-6-16/h1-12H,13-14H2,(H,21,23)(H,24,25). The number of hydrogen-bond donors (Lipinski definition) is 2. The number of aromatic nitrogens is 1. The number of rotatable bonds is 6. The SMILES string of the molecule is O=C(O)c1ccc(CNC(=O)c2cccn2Cc2ccccc2)cc1. The number of carboxylic acids is 1. The van der Waals surface area contributed by atoms with Gasteiger partial charge < -0.3 is 15.0 Å². The second kappa shape index (κ2) is 7.49. The van der Waals surface area contributed by atoms with Gasteiger partial charge in [0.25, 0.3) is 5.91 Å². The van der Waals surface area contributed by atoms with Gasteiger partial charge in [0.2, 0.25) is 0 Å². The lowest BCUT2D eigenvalue weighted by Gasteiger charge is -2.10. The van der Waals surface area contributed by atoms with Crippen molar-refractivity contribution < 1.29 is 14.7 Å². The van der Waals surface area contributed by atoms with E-state index in [9.17, 15) is 9.59 Å². The predicted octanol–water partition coefficient (Wildman–Crippen LogP) is 3.16. The Morgan fingerprint density at radius 1 is 0.880 bits per heavy atom. The fourth-order valence-corrected chi connectivity index (χ4v) is 2.58. The summed E-state index contributed by atoms with van der Waals surface area (Å²) in [6, 6.07) is 20.0. The quantitative estimate of drug-likeness (QED) is 0.727. The van der Waals surface area contributed by atoms with Crippen LogP contribution in [0, 0.1) is 0 Å². The van der Waals surface area contributed by atoms with Gasteiger partial charge in [0, 0.05) is 19.3 Å². The molecular weight excluding hydrogens is 316 g/mol. The van der Waals surface area contributed by atoms with E-state index in [1.54, 1.807) is 18.2 Å². The molecule has 3 aromatic rings. The zero-order chi connectivity index (χ0) is 17.6. The molecular formula is C20H18N2O3. The first-order valence-corrected chi connectivity index (χ1v) is 7.93. The van der Waals surface area contributed by atoms with Crippen molar-refractivity contribution in [2.45, 2.75) is 13.1 Å². The summed E-state index contributed by atoms with van der Waals surface area (Å²) in [5.41, 5.74) is 2.79. The number of nitrogens with one attached hydrogen (secondary N) is 1. The second-order valence-electron chi connectivity index (χ2n) is 5.69. The lowest BCUT2D eigenvalue weighted by molar-refractivity contribution is 0.0696. The number of amides is 1. The van der Waals surface area contributed by atoms with Gasteiger partial charge in [-0.25, -0.2) is 4.79 Å². The summed E-state index contributed by atoms with van der Waals surface area (Å²) in [5, 5.41) is 11.8. The Kier molecular flexibility index (Phi) is 4.95. The van der Waals surface area contributed by atoms with Crippen LogP contribution in [0.25, 0.3) is 0 Å². The van der Waals surface area contributed by atoms with Crippen LogP contribution in [0.15, 0.2) is 72.9 Å². The van der Waals surface area contributed by atoms with Gasteiger partial charge in [-0.2, -0.15) is 0 Å². The van der Waals surface area contributed by atoms with Gasteiger partial charge >= 0.3 is 5.97 Å². The second-order valence-corrected chi connectivity index (χ2v) is 5.69. The van der Waals surface area contributed by atoms with E-state index in [1.165, 1.54) is 12.1 Å². The van der Waals surface area contributed by atoms with Gasteiger partial charge in [0.1, 0.15) is 5.69 Å². The topological polar surface area (TPSA) is 71.3 Å². The zero-order valence-electron chi connectivity index (χ0n) is 13.6. The van der Waals surface area contributed by atoms with Crippen molar-refractivity contribution in [3.63, 3.8) is 0 Å². The summed E-state index contributed by atoms with van der Waals surface area (Å²) in [4.78, 5) is 23.3. The summed E-state index contributed by atoms with van der Waals surface area (Å²) < 4.78 is 1.90. The first-order chi connectivity index (χ1) is 12.1. The number of carbonyl (C=O) groups is 2. The summed E-state index contributed by atoms with van der Waals surface area (Å²) in [6.07, 6.45) is 1.88. The third-order valence-corrected chi connectivity index (χ3v) is 3.91. The molecule has 3 rings (SSSR count). The molecule has 1 amide bonds. The predicted molar refractivity (Wildman–Crippen MR) is 94.5 cm³/mol. The summed E-state index contributed by atoms with van der Waals surface area (Å²) in [6.45, 7) is 0.971. The number of hydrogen-bond acceptors (Lipinski definition) is 2. The average Bonchev–Trinajstić information content (AvgIpc) is 3.09. The molecule has 0 atom stereocenters. The molecule has 1 heterocycles. The Hall–Kier alpha value is -3.34. The Balaban J connectivity index is 1.64. The molecule has 5 heteroatoms. The van der Waals surface area contributed by atoms with E-state index in [-0.39, 0.29) is 11.5 Å². The van der Waals surface area contributed by atoms with Crippen LogP contribution in [-0.4, -0.2) is 21.6 Å². The van der Waals surface area contributed by atoms with Crippen LogP contribution in [-0.2, 0) is 13.1 Å². The van der Waals surface area contributed by atoms with Crippen LogP contribution in [0.5, 0.6) is 0 Å². The van der Waals surface area contributed by atoms with Crippen LogP contribution >= 0.6 is 0 Å². The van der Waals surface area contributed by atoms with E-state index in [2.05, 4.69) is 5.32 Å². The number of benzene rings is 2. The molecule has 0 radical (unpaired) electrons. The largest absolute Gasteiger partial charge is 0.478 e. The fourth-order valence-electron chi connectivity index (χ4n) is 2.58. The fraction of sp³-hybridized carbons (Fsp3) is 0.100. The zero-order valence-corrected chi connectivity index (χ0v) is 13.6. The van der Waals surface area contributed by atoms with Crippen molar-refractivity contribution in [1.29, 1.82) is 0 Å². The smallest absolute Gasteiger partial charge is 0.335 e. The van der Waals surface area contributed by atoms with Gasteiger partial charge in [-0.05, 0) is 35.4 Å². The molecule has 0 aliphatic rings. The average molecular weight is 334 g/mol. The molecule has 126 valence electrons. The summed E-state index contributed by atoms with van der Waals surface area (Å²) >= 11 is 0. The number of carbonyl (C=O) groups excluding carboxylic acids is 1. The monoisotopic (exact) mass is 334 g/mol. The molecule has 25 heavy (non-hydrogen) atoms. The summed E-state index contributed by atoms with van der Waals surface area (Å²) in [7, 11) is 0. The Morgan fingerprint density at radius 2 is 1.60 bits per heavy atom. The first-order valence-electron chi connectivity index (χ1n) is 7.93. The maximum Gasteiger partial charge on any atom is 0.335 e. The van der Waals surface area contributed by atoms with Gasteiger partial charge in [-0.1, -0.05) is 42.5 Å². The van der Waals surface area contributed by atoms with Crippen molar-refractivity contribution in [3.05, 3.63) is 95.3 Å². The van der Waals surface area contributed by atoms with Crippen LogP contribution in [0.2, 0.25) is 0 Å². The minimum Gasteiger partial charge on any atom is -0.478 e. The Bertz CT molecular complexity index is 867. The Labute approximate surface area is 145 Å². The minimum absolute atomic E-state index is 0.164. The van der Waals surface area contributed by atoms with Crippen LogP contribution in [0.3, 0.4) is 0 Å². The maximum absolute atomic E-state index is 12.4. The van der Waals surface area contributed by atoms with Crippen LogP contribution in [0.4, 0.5) is 0 Å². The van der Waals surface area contributed by atoms with Crippen molar-refractivity contribution in [2.75, 3.05) is 0 Å². The third kappa shape index (κ3) is 4.14. The van der Waals surface area contributed by atoms with Crippen molar-refractivity contribution in [3.8, 4) is 0 Å². The molecule has 0 unspecified atom stereocenters. The van der Waals surface area contributed by atoms with E-state index < -0.39 is 5.97 Å². The molecule has 2 N–H and O–H groups in total. The highest BCUT2D eigenvalue weighted by Gasteiger charge is 2.11. The molecule has 0 aliphatic carbocycles. The minimum atomic E-state index is -0.964. The molecule has 0 bridgehead atoms. The maximum atomic E-state index is 12.4. The molecule has 1 aromatic heterocycles. The van der Waals surface area contributed by atoms with Gasteiger partial charge in [0.15, 0.2) is 0 Å². The number of carboxylic acid groups (broad SMARTS) is 1. The third-order valence-electron chi connectivity index (χ3n) is 3.91. The Morgan fingerprint density at radius 3 is 2.28 bits per heavy atom. The summed E-state index contributed by atoms with van der Waals surface area (Å²) in [5.74, 6) is -1.13. The molecule has 0 saturated carbocycles. The molecule has 0 spiro atoms. The highest BCUT2D eigenvalue weighted by atomic mass is 16.4. The number of nitrogens with zero attached hydrogens (tertiary/aromatic N) is 1. The molecule has 0 saturated heterocycles. The van der Waals surface area contributed by atoms with E-state index in [4.69, 9.17) is 5.11 Å². The van der Waals surface area contributed by atoms with Gasteiger partial charge in [0.05, 0.1) is 5.56 Å². The normalized spacial score (nSPS) is 10.4. The van der Waals surface area contributed by atoms with Gasteiger partial charge in [-0.15, -0.1) is 0 Å². The molecule has 2 aromatic carbocycles. The van der Waals surface area contributed by atoms with Crippen molar-refractivity contribution >= 4 is 11.9 Å². The van der Waals surface area contributed by atoms with E-state index in [0.29, 0.717) is 18.8 Å². The van der Waals surface area contributed by atoms with Crippen molar-refractivity contribution in [1.82, 2.24) is 9.88 Å². The van der Waals surface area contributed by atoms with Crippen LogP contribution in [0.1, 0.15) is 32.0 Å². The molecule has 5 nitrogen and oxygen atoms in total. The molecule has 0 aliphatic heterocycles. The molecule has 0 fully saturated rings. The van der Waals surface area contributed by atoms with Crippen molar-refractivity contribution in [2.24, 2.45) is 0 Å². The number of aromatic carboxylic acids is 1. The first kappa shape index (κ1) is 16.5. The van der Waals surface area contributed by atoms with Gasteiger partial charge in [-0.3, -0.25) is 4.79 Å². The van der Waals surface area contributed by atoms with Crippen LogP contribution < -0.4 is 5.32 Å². The lowest BCUT2D eigenvalue weighted by Crippen LogP contribution is -2.25. The lowest BCUT2D eigenvalue weighted by atomic mass is 10.1. The highest BCUT2D eigenvalue weighted by Crippen LogP contribution is 2.09. The highest BCUT2D eigenvalue weighted by molar-refractivity contribution is 5.92.